The van der Waals surface area contributed by atoms with E-state index in [0.717, 1.165) is 32.6 Å². The number of likely N-dealkylation sites (N-methyl/N-ethyl adjacent to an activating group) is 1. The molecule has 4 rings (SSSR count). The van der Waals surface area contributed by atoms with E-state index in [9.17, 15) is 9.60 Å². The van der Waals surface area contributed by atoms with Crippen LogP contribution >= 0.6 is 11.6 Å². The van der Waals surface area contributed by atoms with E-state index in [2.05, 4.69) is 42.7 Å². The molecule has 3 heterocycles. The number of nitrogens with one attached hydrogen (secondary N) is 3. The van der Waals surface area contributed by atoms with Gasteiger partial charge < -0.3 is 30.5 Å². The molecular weight excluding hydrogens is 437 g/mol. The van der Waals surface area contributed by atoms with E-state index in [1.807, 2.05) is 0 Å². The molecule has 0 bridgehead atoms. The molecule has 170 valence electrons. The molecule has 1 aliphatic heterocycles. The van der Waals surface area contributed by atoms with E-state index < -0.39 is 5.82 Å². The number of nitrogens with zero attached hydrogens (tertiary/aromatic N) is 4. The Morgan fingerprint density at radius 2 is 2.19 bits per heavy atom. The number of aromatic amines is 1. The zero-order chi connectivity index (χ0) is 22.5. The quantitative estimate of drug-likeness (QED) is 0.184. The Balaban J connectivity index is 1.45. The van der Waals surface area contributed by atoms with Crippen molar-refractivity contribution in [2.75, 3.05) is 44.0 Å². The Bertz CT molecular complexity index is 1100. The van der Waals surface area contributed by atoms with Crippen LogP contribution in [0, 0.1) is 5.82 Å². The number of rotatable bonds is 7. The number of halogens is 2. The molecule has 9 nitrogen and oxygen atoms in total. The maximum Gasteiger partial charge on any atom is 0.202 e. The van der Waals surface area contributed by atoms with Crippen molar-refractivity contribution in [1.82, 2.24) is 19.9 Å². The molecule has 2 aromatic heterocycles. The topological polar surface area (TPSA) is 111 Å². The molecule has 3 aromatic rings. The van der Waals surface area contributed by atoms with Crippen LogP contribution in [0.1, 0.15) is 18.4 Å². The summed E-state index contributed by atoms with van der Waals surface area (Å²) in [4.78, 5) is 14.3. The fourth-order valence-electron chi connectivity index (χ4n) is 3.71. The Morgan fingerprint density at radius 3 is 2.94 bits per heavy atom. The first-order valence-corrected chi connectivity index (χ1v) is 10.7. The zero-order valence-electron chi connectivity index (χ0n) is 17.6. The third-order valence-corrected chi connectivity index (χ3v) is 5.79. The molecular formula is C21H25ClFN7O2. The predicted octanol–water partition coefficient (Wildman–Crippen LogP) is 3.52. The smallest absolute Gasteiger partial charge is 0.202 e. The lowest BCUT2D eigenvalue weighted by Gasteiger charge is -2.31. The summed E-state index contributed by atoms with van der Waals surface area (Å²) < 4.78 is 18.9. The maximum absolute atomic E-state index is 13.4. The number of amidine groups is 1. The summed E-state index contributed by atoms with van der Waals surface area (Å²) >= 11 is 5.84. The molecule has 0 aliphatic carbocycles. The minimum Gasteiger partial charge on any atom is -0.409 e. The molecule has 0 radical (unpaired) electrons. The molecule has 1 fully saturated rings. The average molecular weight is 462 g/mol. The van der Waals surface area contributed by atoms with Crippen LogP contribution in [-0.2, 0) is 4.74 Å². The second kappa shape index (κ2) is 10.1. The van der Waals surface area contributed by atoms with Crippen molar-refractivity contribution in [2.45, 2.75) is 18.9 Å². The Morgan fingerprint density at radius 1 is 1.38 bits per heavy atom. The summed E-state index contributed by atoms with van der Waals surface area (Å²) in [6.07, 6.45) is 3.67. The minimum absolute atomic E-state index is 0.0362. The number of aromatic nitrogens is 3. The van der Waals surface area contributed by atoms with Crippen LogP contribution < -0.4 is 10.6 Å². The van der Waals surface area contributed by atoms with Crippen molar-refractivity contribution in [3.63, 3.8) is 0 Å². The molecule has 0 unspecified atom stereocenters. The average Bonchev–Trinajstić information content (AvgIpc) is 3.23. The summed E-state index contributed by atoms with van der Waals surface area (Å²) in [7, 11) is 2.12. The van der Waals surface area contributed by atoms with Gasteiger partial charge >= 0.3 is 0 Å². The van der Waals surface area contributed by atoms with E-state index in [0.29, 0.717) is 40.9 Å². The molecule has 0 spiro atoms. The number of ether oxygens (including phenoxy) is 1. The van der Waals surface area contributed by atoms with Gasteiger partial charge in [-0.3, -0.25) is 0 Å². The van der Waals surface area contributed by atoms with E-state index >= 15 is 0 Å². The summed E-state index contributed by atoms with van der Waals surface area (Å²) in [5.41, 5.74) is 2.10. The Hall–Kier alpha value is -2.95. The van der Waals surface area contributed by atoms with Crippen molar-refractivity contribution in [2.24, 2.45) is 5.16 Å². The summed E-state index contributed by atoms with van der Waals surface area (Å²) in [5, 5.41) is 19.1. The number of H-pyrrole nitrogens is 1. The van der Waals surface area contributed by atoms with Crippen molar-refractivity contribution in [1.29, 1.82) is 0 Å². The summed E-state index contributed by atoms with van der Waals surface area (Å²) in [6.45, 7) is 3.19. The van der Waals surface area contributed by atoms with Gasteiger partial charge in [-0.05, 0) is 44.2 Å². The highest BCUT2D eigenvalue weighted by molar-refractivity contribution is 6.31. The number of oxime groups is 1. The van der Waals surface area contributed by atoms with E-state index in [1.54, 1.807) is 12.3 Å². The van der Waals surface area contributed by atoms with Gasteiger partial charge in [-0.1, -0.05) is 16.8 Å². The predicted molar refractivity (Wildman–Crippen MR) is 122 cm³/mol. The molecule has 1 saturated heterocycles. The molecule has 1 aromatic carbocycles. The molecule has 0 amide bonds. The first-order chi connectivity index (χ1) is 15.5. The normalized spacial score (nSPS) is 15.4. The second-order valence-electron chi connectivity index (χ2n) is 7.60. The van der Waals surface area contributed by atoms with Crippen molar-refractivity contribution in [3.05, 3.63) is 46.9 Å². The SMILES string of the molecule is CN(CCNc1nc2nccc(/C(=N/O)Nc3ccc(F)c(Cl)c3)c2[nH]1)C1CCOCC1. The lowest BCUT2D eigenvalue weighted by atomic mass is 10.1. The van der Waals surface area contributed by atoms with Crippen LogP contribution in [0.15, 0.2) is 35.6 Å². The van der Waals surface area contributed by atoms with Crippen LogP contribution in [0.4, 0.5) is 16.0 Å². The van der Waals surface area contributed by atoms with Gasteiger partial charge in [0.05, 0.1) is 10.5 Å². The lowest BCUT2D eigenvalue weighted by Crippen LogP contribution is -2.39. The molecule has 0 atom stereocenters. The number of anilines is 2. The third kappa shape index (κ3) is 5.09. The van der Waals surface area contributed by atoms with Gasteiger partial charge in [-0.15, -0.1) is 0 Å². The first kappa shape index (κ1) is 22.3. The van der Waals surface area contributed by atoms with Crippen LogP contribution in [0.3, 0.4) is 0 Å². The van der Waals surface area contributed by atoms with Crippen molar-refractivity contribution < 1.29 is 14.3 Å². The van der Waals surface area contributed by atoms with Gasteiger partial charge in [0.1, 0.15) is 5.82 Å². The number of fused-ring (bicyclic) bond motifs is 1. The van der Waals surface area contributed by atoms with Gasteiger partial charge in [-0.2, -0.15) is 4.98 Å². The van der Waals surface area contributed by atoms with E-state index in [4.69, 9.17) is 16.3 Å². The number of benzene rings is 1. The first-order valence-electron chi connectivity index (χ1n) is 10.4. The molecule has 1 aliphatic rings. The van der Waals surface area contributed by atoms with Gasteiger partial charge in [0.2, 0.25) is 5.95 Å². The van der Waals surface area contributed by atoms with Crippen LogP contribution in [-0.4, -0.2) is 70.3 Å². The van der Waals surface area contributed by atoms with Crippen molar-refractivity contribution in [3.8, 4) is 0 Å². The third-order valence-electron chi connectivity index (χ3n) is 5.50. The molecule has 0 saturated carbocycles. The second-order valence-corrected chi connectivity index (χ2v) is 8.00. The van der Waals surface area contributed by atoms with Gasteiger partial charge in [0, 0.05) is 49.8 Å². The maximum atomic E-state index is 13.4. The number of pyridine rings is 1. The van der Waals surface area contributed by atoms with Gasteiger partial charge in [0.15, 0.2) is 11.5 Å². The van der Waals surface area contributed by atoms with Crippen LogP contribution in [0.2, 0.25) is 5.02 Å². The highest BCUT2D eigenvalue weighted by Crippen LogP contribution is 2.22. The zero-order valence-corrected chi connectivity index (χ0v) is 18.4. The Kier molecular flexibility index (Phi) is 7.03. The highest BCUT2D eigenvalue weighted by atomic mass is 35.5. The molecule has 4 N–H and O–H groups in total. The standard InChI is InChI=1S/C21H25ClFN7O2/c1-30(14-5-10-32-11-6-14)9-8-25-21-27-18-15(4-7-24-20(18)28-21)19(29-31)26-13-2-3-17(23)16(22)12-13/h2-4,7,12,14,31H,5-6,8-11H2,1H3,(H,26,29)(H2,24,25,27,28). The molecule has 11 heteroatoms. The highest BCUT2D eigenvalue weighted by Gasteiger charge is 2.18. The summed E-state index contributed by atoms with van der Waals surface area (Å²) in [5.74, 6) is 0.190. The van der Waals surface area contributed by atoms with Gasteiger partial charge in [-0.25, -0.2) is 9.37 Å². The number of imidazole rings is 1. The number of hydrogen-bond acceptors (Lipinski definition) is 7. The van der Waals surface area contributed by atoms with Crippen molar-refractivity contribution >= 4 is 40.2 Å². The van der Waals surface area contributed by atoms with Crippen LogP contribution in [0.25, 0.3) is 11.2 Å². The molecule has 32 heavy (non-hydrogen) atoms. The van der Waals surface area contributed by atoms with Crippen LogP contribution in [0.5, 0.6) is 0 Å². The fraction of sp³-hybridized carbons (Fsp3) is 0.381. The fourth-order valence-corrected chi connectivity index (χ4v) is 3.89. The Labute approximate surface area is 189 Å². The van der Waals surface area contributed by atoms with Gasteiger partial charge in [0.25, 0.3) is 0 Å². The number of hydrogen-bond donors (Lipinski definition) is 4. The largest absolute Gasteiger partial charge is 0.409 e. The monoisotopic (exact) mass is 461 g/mol. The van der Waals surface area contributed by atoms with E-state index in [-0.39, 0.29) is 10.9 Å². The van der Waals surface area contributed by atoms with E-state index in [1.165, 1.54) is 18.2 Å². The minimum atomic E-state index is -0.530. The lowest BCUT2D eigenvalue weighted by molar-refractivity contribution is 0.0443. The summed E-state index contributed by atoms with van der Waals surface area (Å²) in [6, 6.07) is 6.37.